The minimum absolute atomic E-state index is 0.312. The molecule has 0 aliphatic carbocycles. The number of nitrogens with one attached hydrogen (secondary N) is 1. The van der Waals surface area contributed by atoms with Gasteiger partial charge in [0.1, 0.15) is 5.75 Å². The van der Waals surface area contributed by atoms with Crippen molar-refractivity contribution in [3.05, 3.63) is 59.7 Å². The zero-order valence-corrected chi connectivity index (χ0v) is 14.7. The van der Waals surface area contributed by atoms with E-state index in [1.807, 2.05) is 31.2 Å². The maximum absolute atomic E-state index is 12.5. The summed E-state index contributed by atoms with van der Waals surface area (Å²) in [4.78, 5) is 24.1. The van der Waals surface area contributed by atoms with Crippen LogP contribution in [0.15, 0.2) is 48.5 Å². The summed E-state index contributed by atoms with van der Waals surface area (Å²) in [5, 5.41) is 12.3. The number of aliphatic carboxylic acids is 1. The number of carboxylic acids is 1. The third-order valence-electron chi connectivity index (χ3n) is 4.27. The lowest BCUT2D eigenvalue weighted by Crippen LogP contribution is -2.33. The summed E-state index contributed by atoms with van der Waals surface area (Å²) in [6, 6.07) is 14.6. The zero-order valence-electron chi connectivity index (χ0n) is 14.7. The highest BCUT2D eigenvalue weighted by atomic mass is 16.5. The summed E-state index contributed by atoms with van der Waals surface area (Å²) in [5.41, 5.74) is 2.63. The van der Waals surface area contributed by atoms with E-state index in [1.54, 1.807) is 38.3 Å². The smallest absolute Gasteiger partial charge is 0.307 e. The molecule has 0 radical (unpaired) electrons. The van der Waals surface area contributed by atoms with Gasteiger partial charge in [0.15, 0.2) is 0 Å². The first-order valence-corrected chi connectivity index (χ1v) is 8.14. The highest BCUT2D eigenvalue weighted by molar-refractivity contribution is 5.94. The molecule has 0 saturated heterocycles. The number of benzene rings is 2. The van der Waals surface area contributed by atoms with Crippen LogP contribution in [0.2, 0.25) is 0 Å². The fraction of sp³-hybridized carbons (Fsp3) is 0.300. The Morgan fingerprint density at radius 3 is 2.20 bits per heavy atom. The van der Waals surface area contributed by atoms with Gasteiger partial charge in [-0.15, -0.1) is 0 Å². The van der Waals surface area contributed by atoms with Gasteiger partial charge in [-0.3, -0.25) is 9.59 Å². The van der Waals surface area contributed by atoms with Crippen LogP contribution in [0.1, 0.15) is 18.1 Å². The second-order valence-corrected chi connectivity index (χ2v) is 6.14. The van der Waals surface area contributed by atoms with Crippen LogP contribution < -0.4 is 10.1 Å². The highest BCUT2D eigenvalue weighted by Gasteiger charge is 2.30. The molecule has 2 N–H and O–H groups in total. The van der Waals surface area contributed by atoms with Crippen molar-refractivity contribution in [3.63, 3.8) is 0 Å². The van der Waals surface area contributed by atoms with Gasteiger partial charge in [-0.25, -0.2) is 0 Å². The van der Waals surface area contributed by atoms with Crippen molar-refractivity contribution in [2.75, 3.05) is 12.4 Å². The molecule has 0 aromatic heterocycles. The van der Waals surface area contributed by atoms with Crippen molar-refractivity contribution in [2.45, 2.75) is 20.3 Å². The molecular weight excluding hydrogens is 318 g/mol. The van der Waals surface area contributed by atoms with E-state index in [0.29, 0.717) is 17.9 Å². The lowest BCUT2D eigenvalue weighted by atomic mass is 9.87. The molecule has 0 fully saturated rings. The van der Waals surface area contributed by atoms with Crippen molar-refractivity contribution >= 4 is 17.6 Å². The number of amides is 1. The Morgan fingerprint density at radius 1 is 1.08 bits per heavy atom. The fourth-order valence-electron chi connectivity index (χ4n) is 2.57. The van der Waals surface area contributed by atoms with Gasteiger partial charge in [-0.1, -0.05) is 36.8 Å². The maximum Gasteiger partial charge on any atom is 0.307 e. The van der Waals surface area contributed by atoms with E-state index in [1.165, 1.54) is 0 Å². The van der Waals surface area contributed by atoms with Crippen molar-refractivity contribution in [2.24, 2.45) is 11.8 Å². The number of carbonyl (C=O) groups is 2. The van der Waals surface area contributed by atoms with E-state index in [4.69, 9.17) is 4.74 Å². The number of aryl methyl sites for hydroxylation is 1. The SMILES string of the molecule is COc1ccc(NC(=O)[C@H](C)[C@@H](Cc2ccc(C)cc2)C(=O)O)cc1. The first-order chi connectivity index (χ1) is 11.9. The maximum atomic E-state index is 12.5. The quantitative estimate of drug-likeness (QED) is 0.808. The average Bonchev–Trinajstić information content (AvgIpc) is 2.61. The Morgan fingerprint density at radius 2 is 1.68 bits per heavy atom. The molecule has 2 aromatic carbocycles. The number of ether oxygens (including phenoxy) is 1. The van der Waals surface area contributed by atoms with Crippen LogP contribution in [0.25, 0.3) is 0 Å². The Hall–Kier alpha value is -2.82. The van der Waals surface area contributed by atoms with Gasteiger partial charge in [0.05, 0.1) is 13.0 Å². The van der Waals surface area contributed by atoms with Crippen molar-refractivity contribution in [1.29, 1.82) is 0 Å². The monoisotopic (exact) mass is 341 g/mol. The predicted molar refractivity (Wildman–Crippen MR) is 96.8 cm³/mol. The largest absolute Gasteiger partial charge is 0.497 e. The molecule has 1 amide bonds. The lowest BCUT2D eigenvalue weighted by Gasteiger charge is -2.20. The zero-order chi connectivity index (χ0) is 18.4. The van der Waals surface area contributed by atoms with Crippen molar-refractivity contribution in [3.8, 4) is 5.75 Å². The van der Waals surface area contributed by atoms with Gasteiger partial charge < -0.3 is 15.2 Å². The molecule has 0 unspecified atom stereocenters. The number of hydrogen-bond acceptors (Lipinski definition) is 3. The van der Waals surface area contributed by atoms with Gasteiger partial charge >= 0.3 is 5.97 Å². The van der Waals surface area contributed by atoms with Crippen LogP contribution in [0.4, 0.5) is 5.69 Å². The molecule has 2 aromatic rings. The number of methoxy groups -OCH3 is 1. The fourth-order valence-corrected chi connectivity index (χ4v) is 2.57. The second kappa shape index (κ2) is 8.33. The lowest BCUT2D eigenvalue weighted by molar-refractivity contribution is -0.145. The molecule has 0 bridgehead atoms. The van der Waals surface area contributed by atoms with Gasteiger partial charge in [0, 0.05) is 11.6 Å². The van der Waals surface area contributed by atoms with Crippen LogP contribution in [0.3, 0.4) is 0 Å². The number of rotatable bonds is 7. The Bertz CT molecular complexity index is 722. The van der Waals surface area contributed by atoms with Crippen LogP contribution in [0, 0.1) is 18.8 Å². The minimum Gasteiger partial charge on any atom is -0.497 e. The summed E-state index contributed by atoms with van der Waals surface area (Å²) >= 11 is 0. The summed E-state index contributed by atoms with van der Waals surface area (Å²) < 4.78 is 5.08. The first kappa shape index (κ1) is 18.5. The molecule has 132 valence electrons. The van der Waals surface area contributed by atoms with E-state index in [0.717, 1.165) is 11.1 Å². The van der Waals surface area contributed by atoms with Crippen LogP contribution in [0.5, 0.6) is 5.75 Å². The Kier molecular flexibility index (Phi) is 6.17. The van der Waals surface area contributed by atoms with Gasteiger partial charge in [0.2, 0.25) is 5.91 Å². The number of carbonyl (C=O) groups excluding carboxylic acids is 1. The normalized spacial score (nSPS) is 12.9. The van der Waals surface area contributed by atoms with Gasteiger partial charge in [-0.05, 0) is 43.2 Å². The number of anilines is 1. The predicted octanol–water partition coefficient (Wildman–Crippen LogP) is 3.52. The standard InChI is InChI=1S/C20H23NO4/c1-13-4-6-15(7-5-13)12-18(20(23)24)14(2)19(22)21-16-8-10-17(25-3)11-9-16/h4-11,14,18H,12H2,1-3H3,(H,21,22)(H,23,24)/t14-,18-/m1/s1. The van der Waals surface area contributed by atoms with Gasteiger partial charge in [0.25, 0.3) is 0 Å². The third-order valence-corrected chi connectivity index (χ3v) is 4.27. The van der Waals surface area contributed by atoms with E-state index in [2.05, 4.69) is 5.32 Å². The van der Waals surface area contributed by atoms with Crippen LogP contribution >= 0.6 is 0 Å². The summed E-state index contributed by atoms with van der Waals surface area (Å²) in [5.74, 6) is -2.06. The molecule has 5 heteroatoms. The third kappa shape index (κ3) is 5.08. The average molecular weight is 341 g/mol. The molecule has 25 heavy (non-hydrogen) atoms. The molecule has 5 nitrogen and oxygen atoms in total. The molecule has 0 aliphatic heterocycles. The summed E-state index contributed by atoms with van der Waals surface area (Å²) in [7, 11) is 1.57. The first-order valence-electron chi connectivity index (χ1n) is 8.14. The van der Waals surface area contributed by atoms with E-state index < -0.39 is 17.8 Å². The molecular formula is C20H23NO4. The summed E-state index contributed by atoms with van der Waals surface area (Å²) in [6.45, 7) is 3.62. The minimum atomic E-state index is -0.974. The number of carboxylic acid groups (broad SMARTS) is 1. The van der Waals surface area contributed by atoms with Crippen molar-refractivity contribution in [1.82, 2.24) is 0 Å². The highest BCUT2D eigenvalue weighted by Crippen LogP contribution is 2.22. The van der Waals surface area contributed by atoms with Crippen LogP contribution in [-0.4, -0.2) is 24.1 Å². The van der Waals surface area contributed by atoms with E-state index >= 15 is 0 Å². The number of hydrogen-bond donors (Lipinski definition) is 2. The Labute approximate surface area is 147 Å². The van der Waals surface area contributed by atoms with Gasteiger partial charge in [-0.2, -0.15) is 0 Å². The second-order valence-electron chi connectivity index (χ2n) is 6.14. The molecule has 0 aliphatic rings. The Balaban J connectivity index is 2.07. The van der Waals surface area contributed by atoms with E-state index in [9.17, 15) is 14.7 Å². The molecule has 0 saturated carbocycles. The summed E-state index contributed by atoms with van der Waals surface area (Å²) in [6.07, 6.45) is 0.312. The van der Waals surface area contributed by atoms with Crippen LogP contribution in [-0.2, 0) is 16.0 Å². The van der Waals surface area contributed by atoms with Crippen molar-refractivity contribution < 1.29 is 19.4 Å². The topological polar surface area (TPSA) is 75.6 Å². The molecule has 2 rings (SSSR count). The molecule has 0 heterocycles. The molecule has 0 spiro atoms. The molecule has 2 atom stereocenters. The van der Waals surface area contributed by atoms with E-state index in [-0.39, 0.29) is 5.91 Å².